The zero-order valence-corrected chi connectivity index (χ0v) is 21.5. The van der Waals surface area contributed by atoms with Crippen molar-refractivity contribution < 1.29 is 14.7 Å². The number of benzene rings is 1. The Morgan fingerprint density at radius 2 is 1.58 bits per heavy atom. The number of carbonyl (C=O) groups excluding carboxylic acids is 2. The first-order chi connectivity index (χ1) is 14.2. The maximum absolute atomic E-state index is 13.0. The van der Waals surface area contributed by atoms with Gasteiger partial charge in [-0.2, -0.15) is 0 Å². The molecule has 1 aromatic carbocycles. The highest BCUT2D eigenvalue weighted by Gasteiger charge is 2.34. The van der Waals surface area contributed by atoms with Crippen molar-refractivity contribution in [2.45, 2.75) is 66.2 Å². The van der Waals surface area contributed by atoms with Crippen molar-refractivity contribution in [3.8, 4) is 5.75 Å². The van der Waals surface area contributed by atoms with E-state index in [1.807, 2.05) is 32.1 Å². The Morgan fingerprint density at radius 1 is 1.10 bits per heavy atom. The van der Waals surface area contributed by atoms with Crippen LogP contribution in [-0.2, 0) is 20.4 Å². The van der Waals surface area contributed by atoms with E-state index in [0.29, 0.717) is 28.1 Å². The fourth-order valence-electron chi connectivity index (χ4n) is 3.48. The zero-order valence-electron chi connectivity index (χ0n) is 19.8. The highest BCUT2D eigenvalue weighted by Crippen LogP contribution is 2.41. The molecule has 1 heterocycles. The van der Waals surface area contributed by atoms with Gasteiger partial charge in [-0.05, 0) is 48.4 Å². The van der Waals surface area contributed by atoms with Crippen LogP contribution in [0.3, 0.4) is 0 Å². The average molecular weight is 463 g/mol. The van der Waals surface area contributed by atoms with E-state index in [1.54, 1.807) is 4.90 Å². The van der Waals surface area contributed by atoms with Crippen molar-refractivity contribution in [3.63, 3.8) is 0 Å². The summed E-state index contributed by atoms with van der Waals surface area (Å²) in [4.78, 5) is 29.0. The van der Waals surface area contributed by atoms with Crippen molar-refractivity contribution in [1.29, 1.82) is 0 Å². The molecule has 0 unspecified atom stereocenters. The number of phenolic OH excluding ortho intramolecular Hbond substituents is 1. The van der Waals surface area contributed by atoms with Crippen molar-refractivity contribution in [1.82, 2.24) is 9.80 Å². The molecule has 0 aromatic heterocycles. The number of thiocarbonyl (C=S) groups is 1. The number of carbonyl (C=O) groups is 2. The predicted octanol–water partition coefficient (Wildman–Crippen LogP) is 5.06. The van der Waals surface area contributed by atoms with Crippen LogP contribution in [0.1, 0.15) is 72.1 Å². The second-order valence-corrected chi connectivity index (χ2v) is 11.5. The Kier molecular flexibility index (Phi) is 7.64. The summed E-state index contributed by atoms with van der Waals surface area (Å²) in [7, 11) is 0. The lowest BCUT2D eigenvalue weighted by atomic mass is 9.78. The van der Waals surface area contributed by atoms with Crippen LogP contribution in [0.15, 0.2) is 17.0 Å². The number of amides is 2. The molecule has 0 spiro atoms. The van der Waals surface area contributed by atoms with Gasteiger partial charge in [0.15, 0.2) is 0 Å². The van der Waals surface area contributed by atoms with E-state index in [2.05, 4.69) is 41.5 Å². The van der Waals surface area contributed by atoms with E-state index in [0.717, 1.165) is 16.7 Å². The number of aromatic hydroxyl groups is 1. The molecule has 0 bridgehead atoms. The third-order valence-corrected chi connectivity index (χ3v) is 6.71. The molecule has 1 aromatic rings. The van der Waals surface area contributed by atoms with E-state index < -0.39 is 0 Å². The van der Waals surface area contributed by atoms with Crippen LogP contribution >= 0.6 is 24.0 Å². The smallest absolute Gasteiger partial charge is 0.266 e. The molecule has 31 heavy (non-hydrogen) atoms. The molecule has 7 heteroatoms. The second-order valence-electron chi connectivity index (χ2n) is 9.80. The predicted molar refractivity (Wildman–Crippen MR) is 133 cm³/mol. The number of phenols is 1. The summed E-state index contributed by atoms with van der Waals surface area (Å²) in [6, 6.07) is 3.86. The van der Waals surface area contributed by atoms with Gasteiger partial charge in [-0.1, -0.05) is 65.5 Å². The quantitative estimate of drug-likeness (QED) is 0.490. The lowest BCUT2D eigenvalue weighted by Gasteiger charge is -2.28. The van der Waals surface area contributed by atoms with Gasteiger partial charge in [0.05, 0.1) is 4.91 Å². The zero-order chi connectivity index (χ0) is 23.7. The van der Waals surface area contributed by atoms with Crippen LogP contribution < -0.4 is 0 Å². The minimum atomic E-state index is -0.261. The number of thioether (sulfide) groups is 1. The molecular formula is C24H34N2O3S2. The maximum atomic E-state index is 13.0. The van der Waals surface area contributed by atoms with Gasteiger partial charge >= 0.3 is 0 Å². The standard InChI is InChI=1S/C24H34N2O3S2/c1-9-25(10-2)19(27)14-26-21(29)18(31-22(26)30)13-15-11-16(23(3,4)5)20(28)17(12-15)24(6,7)8/h11-13,28H,9-10,14H2,1-8H3/b18-13-. The SMILES string of the molecule is CCN(CC)C(=O)CN1C(=O)/C(=C/c2cc(C(C)(C)C)c(O)c(C(C)(C)C)c2)SC1=S. The van der Waals surface area contributed by atoms with E-state index in [9.17, 15) is 14.7 Å². The molecule has 0 radical (unpaired) electrons. The number of likely N-dealkylation sites (N-methyl/N-ethyl adjacent to an activating group) is 1. The Hall–Kier alpha value is -1.86. The maximum Gasteiger partial charge on any atom is 0.266 e. The minimum Gasteiger partial charge on any atom is -0.507 e. The molecule has 1 fully saturated rings. The van der Waals surface area contributed by atoms with Gasteiger partial charge in [-0.15, -0.1) is 0 Å². The molecule has 1 saturated heterocycles. The van der Waals surface area contributed by atoms with Gasteiger partial charge < -0.3 is 10.0 Å². The molecular weight excluding hydrogens is 428 g/mol. The van der Waals surface area contributed by atoms with Crippen LogP contribution in [0.4, 0.5) is 0 Å². The fraction of sp³-hybridized carbons (Fsp3) is 0.542. The number of hydrogen-bond acceptors (Lipinski definition) is 5. The summed E-state index contributed by atoms with van der Waals surface area (Å²) in [6.45, 7) is 17.3. The molecule has 1 aliphatic rings. The Bertz CT molecular complexity index is 885. The topological polar surface area (TPSA) is 60.9 Å². The second kappa shape index (κ2) is 9.33. The molecule has 2 amide bonds. The summed E-state index contributed by atoms with van der Waals surface area (Å²) in [5.41, 5.74) is 1.98. The number of hydrogen-bond donors (Lipinski definition) is 1. The van der Waals surface area contributed by atoms with Crippen molar-refractivity contribution >= 4 is 46.2 Å². The van der Waals surface area contributed by atoms with Gasteiger partial charge in [-0.3, -0.25) is 14.5 Å². The molecule has 5 nitrogen and oxygen atoms in total. The van der Waals surface area contributed by atoms with Gasteiger partial charge in [0, 0.05) is 24.2 Å². The average Bonchev–Trinajstić information content (AvgIpc) is 2.89. The Morgan fingerprint density at radius 3 is 2.00 bits per heavy atom. The van der Waals surface area contributed by atoms with E-state index in [4.69, 9.17) is 12.2 Å². The fourth-order valence-corrected chi connectivity index (χ4v) is 4.74. The molecule has 1 N–H and O–H groups in total. The van der Waals surface area contributed by atoms with Crippen LogP contribution in [-0.4, -0.2) is 50.7 Å². The molecule has 0 saturated carbocycles. The van der Waals surface area contributed by atoms with E-state index in [-0.39, 0.29) is 29.2 Å². The third-order valence-electron chi connectivity index (χ3n) is 5.33. The van der Waals surface area contributed by atoms with Gasteiger partial charge in [0.2, 0.25) is 5.91 Å². The van der Waals surface area contributed by atoms with Crippen molar-refractivity contribution in [2.75, 3.05) is 19.6 Å². The van der Waals surface area contributed by atoms with Crippen LogP contribution in [0.2, 0.25) is 0 Å². The van der Waals surface area contributed by atoms with Crippen molar-refractivity contribution in [2.24, 2.45) is 0 Å². The minimum absolute atomic E-state index is 0.0419. The first-order valence-electron chi connectivity index (χ1n) is 10.6. The molecule has 1 aliphatic heterocycles. The van der Waals surface area contributed by atoms with E-state index >= 15 is 0 Å². The first-order valence-corrected chi connectivity index (χ1v) is 11.8. The monoisotopic (exact) mass is 462 g/mol. The van der Waals surface area contributed by atoms with Crippen molar-refractivity contribution in [3.05, 3.63) is 33.7 Å². The summed E-state index contributed by atoms with van der Waals surface area (Å²) >= 11 is 6.61. The summed E-state index contributed by atoms with van der Waals surface area (Å²) in [5.74, 6) is -0.0649. The molecule has 170 valence electrons. The first kappa shape index (κ1) is 25.4. The normalized spacial score (nSPS) is 16.4. The van der Waals surface area contributed by atoms with Gasteiger partial charge in [0.1, 0.15) is 16.6 Å². The van der Waals surface area contributed by atoms with Gasteiger partial charge in [0.25, 0.3) is 5.91 Å². The highest BCUT2D eigenvalue weighted by molar-refractivity contribution is 8.26. The number of nitrogens with zero attached hydrogens (tertiary/aromatic N) is 2. The van der Waals surface area contributed by atoms with E-state index in [1.165, 1.54) is 16.7 Å². The largest absolute Gasteiger partial charge is 0.507 e. The number of rotatable bonds is 5. The Balaban J connectivity index is 2.45. The molecule has 0 atom stereocenters. The van der Waals surface area contributed by atoms with Crippen LogP contribution in [0, 0.1) is 0 Å². The molecule has 0 aliphatic carbocycles. The third kappa shape index (κ3) is 5.69. The lowest BCUT2D eigenvalue weighted by Crippen LogP contribution is -2.41. The van der Waals surface area contributed by atoms with Crippen LogP contribution in [0.25, 0.3) is 6.08 Å². The van der Waals surface area contributed by atoms with Gasteiger partial charge in [-0.25, -0.2) is 0 Å². The summed E-state index contributed by atoms with van der Waals surface area (Å²) in [6.07, 6.45) is 1.81. The summed E-state index contributed by atoms with van der Waals surface area (Å²) in [5, 5.41) is 10.9. The lowest BCUT2D eigenvalue weighted by molar-refractivity contribution is -0.135. The highest BCUT2D eigenvalue weighted by atomic mass is 32.2. The molecule has 2 rings (SSSR count). The Labute approximate surface area is 195 Å². The summed E-state index contributed by atoms with van der Waals surface area (Å²) < 4.78 is 0.391. The van der Waals surface area contributed by atoms with Crippen LogP contribution in [0.5, 0.6) is 5.75 Å².